The van der Waals surface area contributed by atoms with Crippen LogP contribution in [0.1, 0.15) is 22.7 Å². The van der Waals surface area contributed by atoms with Gasteiger partial charge in [-0.2, -0.15) is 0 Å². The van der Waals surface area contributed by atoms with Gasteiger partial charge in [0.2, 0.25) is 5.91 Å². The smallest absolute Gasteiger partial charge is 0.247 e. The van der Waals surface area contributed by atoms with E-state index in [1.165, 1.54) is 0 Å². The molecule has 1 heterocycles. The van der Waals surface area contributed by atoms with Gasteiger partial charge in [-0.3, -0.25) is 4.79 Å². The molecule has 0 bridgehead atoms. The van der Waals surface area contributed by atoms with E-state index in [4.69, 9.17) is 18.9 Å². The highest BCUT2D eigenvalue weighted by atomic mass is 16.5. The fourth-order valence-electron chi connectivity index (χ4n) is 4.15. The molecule has 3 aromatic carbocycles. The van der Waals surface area contributed by atoms with Crippen molar-refractivity contribution in [2.75, 3.05) is 34.5 Å². The molecule has 1 unspecified atom stereocenters. The number of carbonyl (C=O) groups is 1. The Morgan fingerprint density at radius 3 is 2.26 bits per heavy atom. The Labute approximate surface area is 200 Å². The highest BCUT2D eigenvalue weighted by Crippen LogP contribution is 2.38. The molecule has 0 fully saturated rings. The molecule has 4 rings (SSSR count). The molecule has 3 aromatic rings. The van der Waals surface area contributed by atoms with Gasteiger partial charge in [0, 0.05) is 12.6 Å². The summed E-state index contributed by atoms with van der Waals surface area (Å²) in [6.07, 6.45) is 4.19. The number of ether oxygens (including phenoxy) is 4. The second-order valence-electron chi connectivity index (χ2n) is 7.93. The van der Waals surface area contributed by atoms with Crippen LogP contribution in [-0.2, 0) is 11.2 Å². The van der Waals surface area contributed by atoms with Crippen molar-refractivity contribution in [3.63, 3.8) is 0 Å². The van der Waals surface area contributed by atoms with E-state index < -0.39 is 0 Å². The first-order valence-corrected chi connectivity index (χ1v) is 11.2. The van der Waals surface area contributed by atoms with E-state index in [2.05, 4.69) is 0 Å². The van der Waals surface area contributed by atoms with Crippen LogP contribution in [0.25, 0.3) is 6.08 Å². The molecule has 6 heteroatoms. The van der Waals surface area contributed by atoms with Gasteiger partial charge in [0.15, 0.2) is 11.5 Å². The van der Waals surface area contributed by atoms with Crippen LogP contribution in [0.4, 0.5) is 0 Å². The molecular formula is C28H29NO5. The number of hydrogen-bond acceptors (Lipinski definition) is 5. The van der Waals surface area contributed by atoms with E-state index in [1.807, 2.05) is 77.7 Å². The normalized spacial score (nSPS) is 15.0. The Bertz CT molecular complexity index is 1140. The highest BCUT2D eigenvalue weighted by Gasteiger charge is 2.32. The minimum absolute atomic E-state index is 0.0624. The van der Waals surface area contributed by atoms with E-state index >= 15 is 0 Å². The molecule has 0 aliphatic carbocycles. The summed E-state index contributed by atoms with van der Waals surface area (Å²) in [6, 6.07) is 20.9. The first-order chi connectivity index (χ1) is 16.6. The zero-order valence-electron chi connectivity index (χ0n) is 19.7. The lowest BCUT2D eigenvalue weighted by Gasteiger charge is -2.37. The first kappa shape index (κ1) is 23.2. The maximum Gasteiger partial charge on any atom is 0.247 e. The minimum atomic E-state index is -0.279. The molecular weight excluding hydrogens is 430 g/mol. The molecule has 0 saturated carbocycles. The van der Waals surface area contributed by atoms with Gasteiger partial charge in [-0.05, 0) is 65.6 Å². The number of hydrogen-bond donors (Lipinski definition) is 0. The molecule has 0 radical (unpaired) electrons. The highest BCUT2D eigenvalue weighted by molar-refractivity contribution is 5.92. The second kappa shape index (κ2) is 10.8. The monoisotopic (exact) mass is 459 g/mol. The van der Waals surface area contributed by atoms with Crippen LogP contribution in [0.5, 0.6) is 23.0 Å². The largest absolute Gasteiger partial charge is 0.497 e. The summed E-state index contributed by atoms with van der Waals surface area (Å²) in [6.45, 7) is 0.886. The van der Waals surface area contributed by atoms with Crippen LogP contribution in [0, 0.1) is 0 Å². The summed E-state index contributed by atoms with van der Waals surface area (Å²) in [5.41, 5.74) is 3.10. The molecule has 0 N–H and O–H groups in total. The van der Waals surface area contributed by atoms with Crippen molar-refractivity contribution in [2.24, 2.45) is 0 Å². The number of carbonyl (C=O) groups excluding carboxylic acids is 1. The number of fused-ring (bicyclic) bond motifs is 1. The van der Waals surface area contributed by atoms with Crippen molar-refractivity contribution in [3.05, 3.63) is 89.5 Å². The quantitative estimate of drug-likeness (QED) is 0.447. The van der Waals surface area contributed by atoms with Crippen LogP contribution >= 0.6 is 0 Å². The fourth-order valence-corrected chi connectivity index (χ4v) is 4.15. The third-order valence-corrected chi connectivity index (χ3v) is 5.97. The van der Waals surface area contributed by atoms with Crippen LogP contribution in [0.2, 0.25) is 0 Å². The summed E-state index contributed by atoms with van der Waals surface area (Å²) in [5, 5.41) is 0. The van der Waals surface area contributed by atoms with Gasteiger partial charge in [0.05, 0.1) is 27.4 Å². The maximum atomic E-state index is 13.3. The van der Waals surface area contributed by atoms with E-state index in [9.17, 15) is 4.79 Å². The zero-order chi connectivity index (χ0) is 23.9. The van der Waals surface area contributed by atoms with Crippen molar-refractivity contribution in [2.45, 2.75) is 12.5 Å². The van der Waals surface area contributed by atoms with Crippen LogP contribution in [0.15, 0.2) is 72.8 Å². The second-order valence-corrected chi connectivity index (χ2v) is 7.93. The predicted molar refractivity (Wildman–Crippen MR) is 132 cm³/mol. The number of benzene rings is 3. The SMILES string of the molecule is COc1ccc(OCC2c3cc(OC)c(OC)cc3CCN2C(=O)C=Cc2ccccc2)cc1. The summed E-state index contributed by atoms with van der Waals surface area (Å²) >= 11 is 0. The summed E-state index contributed by atoms with van der Waals surface area (Å²) in [7, 11) is 4.87. The molecule has 1 amide bonds. The lowest BCUT2D eigenvalue weighted by atomic mass is 9.92. The lowest BCUT2D eigenvalue weighted by molar-refractivity contribution is -0.129. The topological polar surface area (TPSA) is 57.2 Å². The number of nitrogens with zero attached hydrogens (tertiary/aromatic N) is 1. The van der Waals surface area contributed by atoms with E-state index in [1.54, 1.807) is 27.4 Å². The molecule has 6 nitrogen and oxygen atoms in total. The van der Waals surface area contributed by atoms with Crippen molar-refractivity contribution >= 4 is 12.0 Å². The van der Waals surface area contributed by atoms with Crippen molar-refractivity contribution in [1.82, 2.24) is 4.90 Å². The van der Waals surface area contributed by atoms with Crippen LogP contribution in [0.3, 0.4) is 0 Å². The summed E-state index contributed by atoms with van der Waals surface area (Å²) in [4.78, 5) is 15.1. The van der Waals surface area contributed by atoms with Gasteiger partial charge in [0.1, 0.15) is 18.1 Å². The third-order valence-electron chi connectivity index (χ3n) is 5.97. The first-order valence-electron chi connectivity index (χ1n) is 11.2. The molecule has 0 aromatic heterocycles. The number of rotatable bonds is 8. The van der Waals surface area contributed by atoms with Gasteiger partial charge in [0.25, 0.3) is 0 Å². The van der Waals surface area contributed by atoms with E-state index in [0.29, 0.717) is 30.4 Å². The molecule has 176 valence electrons. The summed E-state index contributed by atoms with van der Waals surface area (Å²) in [5.74, 6) is 2.72. The Morgan fingerprint density at radius 1 is 0.912 bits per heavy atom. The van der Waals surface area contributed by atoms with Crippen molar-refractivity contribution < 1.29 is 23.7 Å². The Kier molecular flexibility index (Phi) is 7.38. The van der Waals surface area contributed by atoms with Crippen LogP contribution in [-0.4, -0.2) is 45.3 Å². The summed E-state index contributed by atoms with van der Waals surface area (Å²) < 4.78 is 22.4. The fraction of sp³-hybridized carbons (Fsp3) is 0.250. The Hall–Kier alpha value is -3.93. The standard InChI is InChI=1S/C28H29NO5/c1-31-22-10-12-23(13-11-22)34-19-25-24-18-27(33-3)26(32-2)17-21(24)15-16-29(25)28(30)14-9-20-7-5-4-6-8-20/h4-14,17-18,25H,15-16,19H2,1-3H3. The van der Waals surface area contributed by atoms with Gasteiger partial charge in [-0.25, -0.2) is 0 Å². The van der Waals surface area contributed by atoms with Gasteiger partial charge < -0.3 is 23.8 Å². The molecule has 1 atom stereocenters. The average molecular weight is 460 g/mol. The molecule has 1 aliphatic heterocycles. The van der Waals surface area contributed by atoms with E-state index in [0.717, 1.165) is 28.9 Å². The molecule has 0 saturated heterocycles. The Balaban J connectivity index is 1.63. The number of methoxy groups -OCH3 is 3. The zero-order valence-corrected chi connectivity index (χ0v) is 19.7. The van der Waals surface area contributed by atoms with Gasteiger partial charge in [-0.15, -0.1) is 0 Å². The van der Waals surface area contributed by atoms with Crippen molar-refractivity contribution in [3.8, 4) is 23.0 Å². The van der Waals surface area contributed by atoms with Crippen LogP contribution < -0.4 is 18.9 Å². The minimum Gasteiger partial charge on any atom is -0.497 e. The molecule has 1 aliphatic rings. The third kappa shape index (κ3) is 5.17. The average Bonchev–Trinajstić information content (AvgIpc) is 2.90. The molecule has 34 heavy (non-hydrogen) atoms. The predicted octanol–water partition coefficient (Wildman–Crippen LogP) is 4.93. The Morgan fingerprint density at radius 2 is 1.59 bits per heavy atom. The van der Waals surface area contributed by atoms with Crippen molar-refractivity contribution in [1.29, 1.82) is 0 Å². The van der Waals surface area contributed by atoms with E-state index in [-0.39, 0.29) is 11.9 Å². The lowest BCUT2D eigenvalue weighted by Crippen LogP contribution is -2.41. The number of amides is 1. The maximum absolute atomic E-state index is 13.3. The van der Waals surface area contributed by atoms with Gasteiger partial charge in [-0.1, -0.05) is 30.3 Å². The molecule has 0 spiro atoms. The van der Waals surface area contributed by atoms with Gasteiger partial charge >= 0.3 is 0 Å².